The van der Waals surface area contributed by atoms with E-state index in [1.807, 2.05) is 19.1 Å². The first-order valence-corrected chi connectivity index (χ1v) is 13.4. The molecule has 4 nitrogen and oxygen atoms in total. The summed E-state index contributed by atoms with van der Waals surface area (Å²) >= 11 is 7.87. The fraction of sp³-hybridized carbons (Fsp3) is 0.556. The first-order chi connectivity index (χ1) is 15.8. The van der Waals surface area contributed by atoms with E-state index in [0.29, 0.717) is 5.41 Å². The predicted molar refractivity (Wildman–Crippen MR) is 148 cm³/mol. The minimum Gasteiger partial charge on any atom is -0.330 e. The Balaban J connectivity index is 0.000000420. The highest BCUT2D eigenvalue weighted by Gasteiger charge is 2.19. The Morgan fingerprint density at radius 1 is 1.24 bits per heavy atom. The molecule has 0 bridgehead atoms. The maximum atomic E-state index is 6.28. The molecule has 0 aliphatic rings. The molecular formula is C27H43ClN4S. The standard InChI is InChI=1S/C17H20ClN3S.C10H23N/c1-5-11(4)19-16-13(7-3)17(21-20-16)22-15-10-8-9-14(18)12(15)6-2;1-4-6-8-10(3,9-11)7-5-2/h7-10H,3,5-6H2,1-2,4H3,(H,20,21);4-9,11H2,1-3H3/b19-11-;. The van der Waals surface area contributed by atoms with Crippen molar-refractivity contribution in [1.82, 2.24) is 10.2 Å². The largest absolute Gasteiger partial charge is 0.330 e. The molecule has 0 spiro atoms. The third-order valence-electron chi connectivity index (χ3n) is 5.88. The Hall–Kier alpha value is -1.56. The summed E-state index contributed by atoms with van der Waals surface area (Å²) in [5.74, 6) is 0.761. The first kappa shape index (κ1) is 29.5. The van der Waals surface area contributed by atoms with E-state index in [9.17, 15) is 0 Å². The van der Waals surface area contributed by atoms with Gasteiger partial charge in [-0.25, -0.2) is 4.99 Å². The Morgan fingerprint density at radius 2 is 1.97 bits per heavy atom. The smallest absolute Gasteiger partial charge is 0.156 e. The molecule has 2 aromatic rings. The van der Waals surface area contributed by atoms with Gasteiger partial charge in [0.1, 0.15) is 5.03 Å². The van der Waals surface area contributed by atoms with Crippen molar-refractivity contribution in [3.63, 3.8) is 0 Å². The number of aliphatic imine (C=N–C) groups is 1. The summed E-state index contributed by atoms with van der Waals surface area (Å²) in [6, 6.07) is 5.95. The Morgan fingerprint density at radius 3 is 2.52 bits per heavy atom. The van der Waals surface area contributed by atoms with E-state index in [1.54, 1.807) is 17.8 Å². The SMILES string of the molecule is C=Cc1c(Sc2cccc(Cl)c2CC)n[nH]c1/N=C(/C)CC.CCCCC(C)(CN)CCC. The van der Waals surface area contributed by atoms with E-state index in [4.69, 9.17) is 17.3 Å². The molecule has 0 fully saturated rings. The van der Waals surface area contributed by atoms with Gasteiger partial charge in [0, 0.05) is 15.6 Å². The second kappa shape index (κ2) is 15.4. The maximum Gasteiger partial charge on any atom is 0.156 e. The molecule has 1 heterocycles. The van der Waals surface area contributed by atoms with Gasteiger partial charge in [0.05, 0.1) is 5.56 Å². The van der Waals surface area contributed by atoms with Crippen LogP contribution in [0.4, 0.5) is 5.82 Å². The molecule has 2 rings (SSSR count). The van der Waals surface area contributed by atoms with Crippen LogP contribution < -0.4 is 5.73 Å². The average molecular weight is 491 g/mol. The van der Waals surface area contributed by atoms with Crippen LogP contribution in [0.1, 0.15) is 91.2 Å². The summed E-state index contributed by atoms with van der Waals surface area (Å²) < 4.78 is 0. The molecule has 33 heavy (non-hydrogen) atoms. The number of rotatable bonds is 12. The number of nitrogens with two attached hydrogens (primary N) is 1. The quantitative estimate of drug-likeness (QED) is 0.292. The summed E-state index contributed by atoms with van der Waals surface area (Å²) in [7, 11) is 0. The summed E-state index contributed by atoms with van der Waals surface area (Å²) in [6.45, 7) is 17.7. The summed E-state index contributed by atoms with van der Waals surface area (Å²) in [6.07, 6.45) is 10.0. The number of benzene rings is 1. The second-order valence-corrected chi connectivity index (χ2v) is 10.2. The van der Waals surface area contributed by atoms with E-state index in [1.165, 1.54) is 32.1 Å². The molecule has 184 valence electrons. The van der Waals surface area contributed by atoms with E-state index >= 15 is 0 Å². The van der Waals surface area contributed by atoms with Crippen molar-refractivity contribution < 1.29 is 0 Å². The van der Waals surface area contributed by atoms with E-state index in [0.717, 1.165) is 57.0 Å². The van der Waals surface area contributed by atoms with Gasteiger partial charge in [-0.2, -0.15) is 5.10 Å². The van der Waals surface area contributed by atoms with Crippen LogP contribution >= 0.6 is 23.4 Å². The van der Waals surface area contributed by atoms with Gasteiger partial charge >= 0.3 is 0 Å². The molecule has 1 aromatic heterocycles. The Kier molecular flexibility index (Phi) is 13.7. The zero-order chi connectivity index (χ0) is 24.9. The molecule has 3 N–H and O–H groups in total. The average Bonchev–Trinajstić information content (AvgIpc) is 3.19. The fourth-order valence-corrected chi connectivity index (χ4v) is 5.04. The molecule has 1 atom stereocenters. The van der Waals surface area contributed by atoms with Gasteiger partial charge in [-0.15, -0.1) is 0 Å². The molecular weight excluding hydrogens is 448 g/mol. The number of hydrogen-bond acceptors (Lipinski definition) is 4. The van der Waals surface area contributed by atoms with Crippen LogP contribution in [0.3, 0.4) is 0 Å². The summed E-state index contributed by atoms with van der Waals surface area (Å²) in [5, 5.41) is 9.06. The van der Waals surface area contributed by atoms with Crippen LogP contribution in [-0.2, 0) is 6.42 Å². The Bertz CT molecular complexity index is 890. The van der Waals surface area contributed by atoms with Gasteiger partial charge in [0.2, 0.25) is 0 Å². The lowest BCUT2D eigenvalue weighted by Gasteiger charge is -2.27. The summed E-state index contributed by atoms with van der Waals surface area (Å²) in [4.78, 5) is 5.68. The number of H-pyrrole nitrogens is 1. The summed E-state index contributed by atoms with van der Waals surface area (Å²) in [5.41, 5.74) is 9.28. The molecule has 6 heteroatoms. The number of aromatic nitrogens is 2. The minimum atomic E-state index is 0.421. The topological polar surface area (TPSA) is 67.1 Å². The van der Waals surface area contributed by atoms with E-state index in [-0.39, 0.29) is 0 Å². The van der Waals surface area contributed by atoms with Crippen LogP contribution in [0.2, 0.25) is 5.02 Å². The lowest BCUT2D eigenvalue weighted by Crippen LogP contribution is -2.26. The number of aromatic amines is 1. The van der Waals surface area contributed by atoms with Crippen LogP contribution in [0, 0.1) is 5.41 Å². The normalized spacial score (nSPS) is 13.3. The highest BCUT2D eigenvalue weighted by Crippen LogP contribution is 2.37. The molecule has 0 aliphatic heterocycles. The van der Waals surface area contributed by atoms with Gasteiger partial charge in [-0.05, 0) is 62.3 Å². The number of nitrogens with one attached hydrogen (secondary N) is 1. The van der Waals surface area contributed by atoms with Crippen molar-refractivity contribution in [2.45, 2.75) is 96.4 Å². The van der Waals surface area contributed by atoms with Crippen molar-refractivity contribution in [3.8, 4) is 0 Å². The van der Waals surface area contributed by atoms with E-state index in [2.05, 4.69) is 62.5 Å². The lowest BCUT2D eigenvalue weighted by atomic mass is 9.81. The number of nitrogens with zero attached hydrogens (tertiary/aromatic N) is 2. The highest BCUT2D eigenvalue weighted by molar-refractivity contribution is 7.99. The van der Waals surface area contributed by atoms with Gasteiger partial charge in [0.25, 0.3) is 0 Å². The molecule has 0 saturated carbocycles. The zero-order valence-corrected chi connectivity index (χ0v) is 23.0. The zero-order valence-electron chi connectivity index (χ0n) is 21.4. The first-order valence-electron chi connectivity index (χ1n) is 12.2. The van der Waals surface area contributed by atoms with Gasteiger partial charge in [-0.1, -0.05) is 96.0 Å². The monoisotopic (exact) mass is 490 g/mol. The van der Waals surface area contributed by atoms with Gasteiger partial charge in [0.15, 0.2) is 5.82 Å². The van der Waals surface area contributed by atoms with Crippen molar-refractivity contribution in [1.29, 1.82) is 0 Å². The van der Waals surface area contributed by atoms with Crippen molar-refractivity contribution in [3.05, 3.63) is 40.9 Å². The van der Waals surface area contributed by atoms with Crippen molar-refractivity contribution in [2.75, 3.05) is 6.54 Å². The van der Waals surface area contributed by atoms with Crippen LogP contribution in [-0.4, -0.2) is 22.5 Å². The highest BCUT2D eigenvalue weighted by atomic mass is 35.5. The van der Waals surface area contributed by atoms with Crippen LogP contribution in [0.5, 0.6) is 0 Å². The third-order valence-corrected chi connectivity index (χ3v) is 7.34. The number of unbranched alkanes of at least 4 members (excludes halogenated alkanes) is 1. The predicted octanol–water partition coefficient (Wildman–Crippen LogP) is 8.86. The molecule has 1 aromatic carbocycles. The van der Waals surface area contributed by atoms with Gasteiger partial charge < -0.3 is 5.73 Å². The Labute approximate surface area is 210 Å². The molecule has 0 saturated heterocycles. The lowest BCUT2D eigenvalue weighted by molar-refractivity contribution is 0.272. The van der Waals surface area contributed by atoms with E-state index < -0.39 is 0 Å². The minimum absolute atomic E-state index is 0.421. The van der Waals surface area contributed by atoms with Crippen molar-refractivity contribution >= 4 is 41.0 Å². The second-order valence-electron chi connectivity index (χ2n) is 8.74. The number of halogens is 1. The third kappa shape index (κ3) is 9.30. The number of hydrogen-bond donors (Lipinski definition) is 2. The fourth-order valence-electron chi connectivity index (χ4n) is 3.56. The van der Waals surface area contributed by atoms with Crippen LogP contribution in [0.25, 0.3) is 6.08 Å². The maximum absolute atomic E-state index is 6.28. The van der Waals surface area contributed by atoms with Crippen molar-refractivity contribution in [2.24, 2.45) is 16.1 Å². The molecule has 0 amide bonds. The molecule has 0 aliphatic carbocycles. The van der Waals surface area contributed by atoms with Crippen LogP contribution in [0.15, 0.2) is 39.7 Å². The van der Waals surface area contributed by atoms with Gasteiger partial charge in [-0.3, -0.25) is 5.10 Å². The molecule has 0 radical (unpaired) electrons. The molecule has 1 unspecified atom stereocenters.